The zero-order valence-corrected chi connectivity index (χ0v) is 13.8. The van der Waals surface area contributed by atoms with Crippen molar-refractivity contribution < 1.29 is 27.1 Å². The average molecular weight is 353 g/mol. The van der Waals surface area contributed by atoms with Crippen molar-refractivity contribution in [3.8, 4) is 11.3 Å². The first-order valence-electron chi connectivity index (χ1n) is 7.96. The summed E-state index contributed by atoms with van der Waals surface area (Å²) in [6, 6.07) is 7.83. The molecule has 25 heavy (non-hydrogen) atoms. The number of hydrogen-bond donors (Lipinski definition) is 0. The van der Waals surface area contributed by atoms with E-state index >= 15 is 0 Å². The molecule has 0 unspecified atom stereocenters. The van der Waals surface area contributed by atoms with Gasteiger partial charge in [-0.1, -0.05) is 12.1 Å². The van der Waals surface area contributed by atoms with Gasteiger partial charge in [0.2, 0.25) is 0 Å². The quantitative estimate of drug-likeness (QED) is 0.812. The number of nitrogens with zero attached hydrogens (tertiary/aromatic N) is 1. The molecule has 0 bridgehead atoms. The van der Waals surface area contributed by atoms with Crippen LogP contribution in [0.3, 0.4) is 0 Å². The Hall–Kier alpha value is -2.28. The number of ether oxygens (including phenoxy) is 1. The molecule has 0 N–H and O–H groups in total. The van der Waals surface area contributed by atoms with E-state index in [1.54, 1.807) is 4.90 Å². The summed E-state index contributed by atoms with van der Waals surface area (Å²) in [6.45, 7) is 4.66. The van der Waals surface area contributed by atoms with Gasteiger partial charge in [-0.05, 0) is 38.1 Å². The lowest BCUT2D eigenvalue weighted by atomic mass is 10.1. The number of carbonyl (C=O) groups excluding carboxylic acids is 1. The van der Waals surface area contributed by atoms with Crippen LogP contribution in [-0.2, 0) is 10.9 Å². The van der Waals surface area contributed by atoms with Crippen LogP contribution < -0.4 is 0 Å². The number of rotatable bonds is 2. The number of benzene rings is 1. The van der Waals surface area contributed by atoms with Crippen molar-refractivity contribution in [3.05, 3.63) is 47.7 Å². The standard InChI is InChI=1S/C18H18F3NO3/c1-11-9-22(10-12(2)24-11)17(23)16-7-6-15(25-16)13-4-3-5-14(8-13)18(19,20)21/h3-8,11-12H,9-10H2,1-2H3/t11-,12+. The number of halogens is 3. The van der Waals surface area contributed by atoms with E-state index in [1.807, 2.05) is 13.8 Å². The number of hydrogen-bond acceptors (Lipinski definition) is 3. The van der Waals surface area contributed by atoms with Gasteiger partial charge in [0.15, 0.2) is 5.76 Å². The molecule has 1 aromatic carbocycles. The number of furan rings is 1. The minimum atomic E-state index is -4.43. The topological polar surface area (TPSA) is 42.7 Å². The van der Waals surface area contributed by atoms with E-state index in [9.17, 15) is 18.0 Å². The molecular formula is C18H18F3NO3. The molecule has 1 aliphatic heterocycles. The largest absolute Gasteiger partial charge is 0.451 e. The Kier molecular flexibility index (Phi) is 4.60. The van der Waals surface area contributed by atoms with Crippen molar-refractivity contribution in [1.82, 2.24) is 4.90 Å². The van der Waals surface area contributed by atoms with Gasteiger partial charge < -0.3 is 14.1 Å². The second-order valence-corrected chi connectivity index (χ2v) is 6.21. The summed E-state index contributed by atoms with van der Waals surface area (Å²) >= 11 is 0. The van der Waals surface area contributed by atoms with Crippen molar-refractivity contribution in [2.45, 2.75) is 32.2 Å². The van der Waals surface area contributed by atoms with E-state index < -0.39 is 11.7 Å². The van der Waals surface area contributed by atoms with Gasteiger partial charge in [0.1, 0.15) is 5.76 Å². The highest BCUT2D eigenvalue weighted by Crippen LogP contribution is 2.32. The zero-order chi connectivity index (χ0) is 18.2. The van der Waals surface area contributed by atoms with Crippen molar-refractivity contribution >= 4 is 5.91 Å². The Morgan fingerprint density at radius 1 is 1.12 bits per heavy atom. The lowest BCUT2D eigenvalue weighted by Crippen LogP contribution is -2.48. The van der Waals surface area contributed by atoms with Crippen LogP contribution in [0.4, 0.5) is 13.2 Å². The monoisotopic (exact) mass is 353 g/mol. The van der Waals surface area contributed by atoms with Crippen LogP contribution in [0, 0.1) is 0 Å². The van der Waals surface area contributed by atoms with Crippen LogP contribution in [-0.4, -0.2) is 36.1 Å². The Morgan fingerprint density at radius 3 is 2.44 bits per heavy atom. The van der Waals surface area contributed by atoms with Gasteiger partial charge in [-0.3, -0.25) is 4.79 Å². The lowest BCUT2D eigenvalue weighted by molar-refractivity contribution is -0.137. The molecule has 1 saturated heterocycles. The van der Waals surface area contributed by atoms with E-state index in [0.717, 1.165) is 12.1 Å². The highest BCUT2D eigenvalue weighted by atomic mass is 19.4. The fourth-order valence-electron chi connectivity index (χ4n) is 2.96. The minimum Gasteiger partial charge on any atom is -0.451 e. The Bertz CT molecular complexity index is 759. The van der Waals surface area contributed by atoms with Gasteiger partial charge >= 0.3 is 6.18 Å². The van der Waals surface area contributed by atoms with Gasteiger partial charge in [0, 0.05) is 18.7 Å². The van der Waals surface area contributed by atoms with Gasteiger partial charge in [0.25, 0.3) is 5.91 Å². The van der Waals surface area contributed by atoms with Crippen LogP contribution in [0.25, 0.3) is 11.3 Å². The fourth-order valence-corrected chi connectivity index (χ4v) is 2.96. The van der Waals surface area contributed by atoms with Gasteiger partial charge in [-0.15, -0.1) is 0 Å². The number of amides is 1. The van der Waals surface area contributed by atoms with Crippen molar-refractivity contribution in [3.63, 3.8) is 0 Å². The third kappa shape index (κ3) is 3.87. The maximum Gasteiger partial charge on any atom is 0.416 e. The van der Waals surface area contributed by atoms with Crippen molar-refractivity contribution in [2.75, 3.05) is 13.1 Å². The molecule has 0 aliphatic carbocycles. The molecular weight excluding hydrogens is 335 g/mol. The zero-order valence-electron chi connectivity index (χ0n) is 13.8. The van der Waals surface area contributed by atoms with E-state index in [2.05, 4.69) is 0 Å². The maximum absolute atomic E-state index is 12.8. The molecule has 2 atom stereocenters. The first kappa shape index (κ1) is 17.5. The molecule has 1 amide bonds. The summed E-state index contributed by atoms with van der Waals surface area (Å²) in [5.74, 6) is 0.0396. The molecule has 134 valence electrons. The minimum absolute atomic E-state index is 0.0781. The number of morpholine rings is 1. The van der Waals surface area contributed by atoms with E-state index in [0.29, 0.717) is 13.1 Å². The molecule has 1 aliphatic rings. The van der Waals surface area contributed by atoms with Gasteiger partial charge in [0.05, 0.1) is 17.8 Å². The fraction of sp³-hybridized carbons (Fsp3) is 0.389. The SMILES string of the molecule is C[C@@H]1CN(C(=O)c2ccc(-c3cccc(C(F)(F)F)c3)o2)C[C@H](C)O1. The van der Waals surface area contributed by atoms with E-state index in [1.165, 1.54) is 24.3 Å². The number of carbonyl (C=O) groups is 1. The average Bonchev–Trinajstić information content (AvgIpc) is 3.02. The molecule has 4 nitrogen and oxygen atoms in total. The maximum atomic E-state index is 12.8. The molecule has 1 aromatic heterocycles. The molecule has 0 spiro atoms. The molecule has 0 saturated carbocycles. The van der Waals surface area contributed by atoms with E-state index in [4.69, 9.17) is 9.15 Å². The van der Waals surface area contributed by atoms with Crippen molar-refractivity contribution in [2.24, 2.45) is 0 Å². The third-order valence-electron chi connectivity index (χ3n) is 4.00. The first-order valence-corrected chi connectivity index (χ1v) is 7.96. The second kappa shape index (κ2) is 6.55. The summed E-state index contributed by atoms with van der Waals surface area (Å²) in [6.07, 6.45) is -4.59. The summed E-state index contributed by atoms with van der Waals surface area (Å²) in [7, 11) is 0. The normalized spacial score (nSPS) is 21.4. The molecule has 2 aromatic rings. The van der Waals surface area contributed by atoms with Crippen molar-refractivity contribution in [1.29, 1.82) is 0 Å². The molecule has 3 rings (SSSR count). The highest BCUT2D eigenvalue weighted by Gasteiger charge is 2.31. The Morgan fingerprint density at radius 2 is 1.80 bits per heavy atom. The third-order valence-corrected chi connectivity index (χ3v) is 4.00. The molecule has 7 heteroatoms. The summed E-state index contributed by atoms with van der Waals surface area (Å²) < 4.78 is 49.6. The lowest BCUT2D eigenvalue weighted by Gasteiger charge is -2.34. The van der Waals surface area contributed by atoms with Crippen LogP contribution in [0.2, 0.25) is 0 Å². The molecule has 2 heterocycles. The first-order chi connectivity index (χ1) is 11.7. The summed E-state index contributed by atoms with van der Waals surface area (Å²) in [4.78, 5) is 14.2. The van der Waals surface area contributed by atoms with Gasteiger partial charge in [-0.2, -0.15) is 13.2 Å². The predicted octanol–water partition coefficient (Wildman–Crippen LogP) is 4.21. The Balaban J connectivity index is 1.82. The van der Waals surface area contributed by atoms with Crippen LogP contribution in [0.1, 0.15) is 30.0 Å². The Labute approximate surface area is 143 Å². The second-order valence-electron chi connectivity index (χ2n) is 6.21. The van der Waals surface area contributed by atoms with Gasteiger partial charge in [-0.25, -0.2) is 0 Å². The summed E-state index contributed by atoms with van der Waals surface area (Å²) in [5, 5.41) is 0. The smallest absolute Gasteiger partial charge is 0.416 e. The van der Waals surface area contributed by atoms with Crippen LogP contribution in [0.5, 0.6) is 0 Å². The van der Waals surface area contributed by atoms with E-state index in [-0.39, 0.29) is 35.2 Å². The van der Waals surface area contributed by atoms with Crippen LogP contribution in [0.15, 0.2) is 40.8 Å². The highest BCUT2D eigenvalue weighted by molar-refractivity contribution is 5.92. The predicted molar refractivity (Wildman–Crippen MR) is 85.1 cm³/mol. The van der Waals surface area contributed by atoms with Crippen LogP contribution >= 0.6 is 0 Å². The molecule has 0 radical (unpaired) electrons. The summed E-state index contributed by atoms with van der Waals surface area (Å²) in [5.41, 5.74) is -0.484. The number of alkyl halides is 3. The molecule has 1 fully saturated rings.